The molecule has 0 amide bonds. The summed E-state index contributed by atoms with van der Waals surface area (Å²) in [6, 6.07) is 16.4. The monoisotopic (exact) mass is 494 g/mol. The van der Waals surface area contributed by atoms with Crippen LogP contribution in [0.3, 0.4) is 0 Å². The third kappa shape index (κ3) is 6.43. The molecule has 0 saturated heterocycles. The second kappa shape index (κ2) is 11.4. The molecule has 2 aromatic carbocycles. The molecule has 1 aromatic heterocycles. The van der Waals surface area contributed by atoms with Crippen LogP contribution in [-0.4, -0.2) is 43.5 Å². The summed E-state index contributed by atoms with van der Waals surface area (Å²) in [4.78, 5) is 21.6. The van der Waals surface area contributed by atoms with E-state index in [4.69, 9.17) is 4.74 Å². The second-order valence-corrected chi connectivity index (χ2v) is 10.2. The maximum atomic E-state index is 12.6. The zero-order chi connectivity index (χ0) is 24.7. The molecule has 4 rings (SSSR count). The molecule has 35 heavy (non-hydrogen) atoms. The van der Waals surface area contributed by atoms with E-state index in [2.05, 4.69) is 20.0 Å². The Bertz CT molecular complexity index is 1240. The Labute approximate surface area is 206 Å². The van der Waals surface area contributed by atoms with E-state index in [1.807, 2.05) is 42.5 Å². The van der Waals surface area contributed by atoms with Crippen molar-refractivity contribution in [3.8, 4) is 11.4 Å². The van der Waals surface area contributed by atoms with Crippen LogP contribution >= 0.6 is 0 Å². The van der Waals surface area contributed by atoms with Gasteiger partial charge in [-0.1, -0.05) is 55.3 Å². The van der Waals surface area contributed by atoms with Crippen molar-refractivity contribution in [1.29, 1.82) is 0 Å². The molecule has 1 fully saturated rings. The number of sulfonamides is 1. The average molecular weight is 495 g/mol. The van der Waals surface area contributed by atoms with Gasteiger partial charge in [-0.15, -0.1) is 0 Å². The van der Waals surface area contributed by atoms with E-state index in [1.54, 1.807) is 19.1 Å². The predicted molar refractivity (Wildman–Crippen MR) is 135 cm³/mol. The number of anilines is 1. The average Bonchev–Trinajstić information content (AvgIpc) is 3.37. The maximum absolute atomic E-state index is 12.6. The van der Waals surface area contributed by atoms with Crippen molar-refractivity contribution < 1.29 is 17.9 Å². The number of nitrogens with one attached hydrogen (secondary N) is 2. The van der Waals surface area contributed by atoms with Gasteiger partial charge in [-0.3, -0.25) is 0 Å². The molecule has 2 N–H and O–H groups in total. The van der Waals surface area contributed by atoms with Crippen LogP contribution < -0.4 is 10.0 Å². The summed E-state index contributed by atoms with van der Waals surface area (Å²) >= 11 is 0. The van der Waals surface area contributed by atoms with Crippen molar-refractivity contribution in [2.45, 2.75) is 50.0 Å². The van der Waals surface area contributed by atoms with Crippen molar-refractivity contribution in [3.05, 3.63) is 71.9 Å². The largest absolute Gasteiger partial charge is 0.462 e. The summed E-state index contributed by atoms with van der Waals surface area (Å²) in [7, 11) is -3.51. The normalized spacial score (nSPS) is 14.1. The first-order chi connectivity index (χ1) is 17.0. The van der Waals surface area contributed by atoms with Crippen LogP contribution in [0.2, 0.25) is 0 Å². The zero-order valence-electron chi connectivity index (χ0n) is 19.7. The number of carbonyl (C=O) groups is 1. The summed E-state index contributed by atoms with van der Waals surface area (Å²) in [6.07, 6.45) is 6.01. The van der Waals surface area contributed by atoms with E-state index >= 15 is 0 Å². The molecule has 1 heterocycles. The molecule has 0 atom stereocenters. The first-order valence-corrected chi connectivity index (χ1v) is 13.4. The molecule has 0 aliphatic heterocycles. The van der Waals surface area contributed by atoms with Crippen LogP contribution in [0.5, 0.6) is 0 Å². The van der Waals surface area contributed by atoms with Crippen molar-refractivity contribution in [3.63, 3.8) is 0 Å². The van der Waals surface area contributed by atoms with Crippen molar-refractivity contribution in [2.24, 2.45) is 0 Å². The molecular formula is C26H30N4O4S. The number of esters is 1. The van der Waals surface area contributed by atoms with Gasteiger partial charge in [-0.25, -0.2) is 27.9 Å². The van der Waals surface area contributed by atoms with Crippen molar-refractivity contribution >= 4 is 21.8 Å². The highest BCUT2D eigenvalue weighted by atomic mass is 32.2. The Kier molecular flexibility index (Phi) is 8.09. The van der Waals surface area contributed by atoms with Gasteiger partial charge in [0.1, 0.15) is 11.4 Å². The maximum Gasteiger partial charge on any atom is 0.343 e. The first-order valence-electron chi connectivity index (χ1n) is 11.9. The first kappa shape index (κ1) is 24.8. The Morgan fingerprint density at radius 2 is 1.77 bits per heavy atom. The van der Waals surface area contributed by atoms with Gasteiger partial charge in [0.25, 0.3) is 0 Å². The van der Waals surface area contributed by atoms with Crippen molar-refractivity contribution in [2.75, 3.05) is 18.5 Å². The molecule has 184 valence electrons. The minimum absolute atomic E-state index is 0.0334. The number of aromatic nitrogens is 2. The van der Waals surface area contributed by atoms with E-state index in [1.165, 1.54) is 6.20 Å². The number of hydrogen-bond donors (Lipinski definition) is 2. The lowest BCUT2D eigenvalue weighted by Gasteiger charge is -2.13. The van der Waals surface area contributed by atoms with Gasteiger partial charge in [0.15, 0.2) is 5.82 Å². The van der Waals surface area contributed by atoms with Crippen LogP contribution in [-0.2, 0) is 21.2 Å². The smallest absolute Gasteiger partial charge is 0.343 e. The van der Waals surface area contributed by atoms with Crippen LogP contribution in [0.15, 0.2) is 65.7 Å². The zero-order valence-corrected chi connectivity index (χ0v) is 20.6. The molecule has 9 heteroatoms. The van der Waals surface area contributed by atoms with Gasteiger partial charge in [-0.05, 0) is 43.9 Å². The molecular weight excluding hydrogens is 464 g/mol. The molecule has 1 aliphatic carbocycles. The quantitative estimate of drug-likeness (QED) is 0.407. The molecule has 8 nitrogen and oxygen atoms in total. The number of ether oxygens (including phenoxy) is 1. The summed E-state index contributed by atoms with van der Waals surface area (Å²) < 4.78 is 33.2. The summed E-state index contributed by atoms with van der Waals surface area (Å²) in [6.45, 7) is 2.49. The van der Waals surface area contributed by atoms with Crippen molar-refractivity contribution in [1.82, 2.24) is 14.7 Å². The number of hydrogen-bond acceptors (Lipinski definition) is 7. The van der Waals surface area contributed by atoms with Gasteiger partial charge >= 0.3 is 5.97 Å². The van der Waals surface area contributed by atoms with Crippen LogP contribution in [0.25, 0.3) is 11.4 Å². The highest BCUT2D eigenvalue weighted by Crippen LogP contribution is 2.22. The Morgan fingerprint density at radius 3 is 2.46 bits per heavy atom. The second-order valence-electron chi connectivity index (χ2n) is 8.47. The topological polar surface area (TPSA) is 110 Å². The molecule has 0 spiro atoms. The molecule has 0 unspecified atom stereocenters. The number of nitrogens with zero attached hydrogens (tertiary/aromatic N) is 2. The minimum atomic E-state index is -3.51. The van der Waals surface area contributed by atoms with Crippen LogP contribution in [0, 0.1) is 0 Å². The standard InChI is InChI=1S/C26H30N4O4S/c1-2-34-26(31)23-18-28-24(20-8-4-3-5-9-20)29-25(23)27-17-16-19-12-14-22(15-13-19)35(32,33)30-21-10-6-7-11-21/h3-5,8-9,12-15,18,21,30H,2,6-7,10-11,16-17H2,1H3,(H,27,28,29). The fourth-order valence-corrected chi connectivity index (χ4v) is 5.40. The summed E-state index contributed by atoms with van der Waals surface area (Å²) in [5, 5.41) is 3.22. The number of rotatable bonds is 10. The Morgan fingerprint density at radius 1 is 1.06 bits per heavy atom. The van der Waals surface area contributed by atoms with Gasteiger partial charge in [-0.2, -0.15) is 0 Å². The fraction of sp³-hybridized carbons (Fsp3) is 0.346. The van der Waals surface area contributed by atoms with Crippen LogP contribution in [0.4, 0.5) is 5.82 Å². The molecule has 1 saturated carbocycles. The SMILES string of the molecule is CCOC(=O)c1cnc(-c2ccccc2)nc1NCCc1ccc(S(=O)(=O)NC2CCCC2)cc1. The van der Waals surface area contributed by atoms with Gasteiger partial charge in [0, 0.05) is 24.3 Å². The van der Waals surface area contributed by atoms with E-state index in [-0.39, 0.29) is 23.1 Å². The molecule has 1 aliphatic rings. The minimum Gasteiger partial charge on any atom is -0.462 e. The van der Waals surface area contributed by atoms with E-state index in [0.29, 0.717) is 24.6 Å². The van der Waals surface area contributed by atoms with Crippen LogP contribution in [0.1, 0.15) is 48.5 Å². The lowest BCUT2D eigenvalue weighted by molar-refractivity contribution is 0.0526. The Balaban J connectivity index is 1.43. The highest BCUT2D eigenvalue weighted by Gasteiger charge is 2.22. The van der Waals surface area contributed by atoms with Gasteiger partial charge in [0.2, 0.25) is 10.0 Å². The lowest BCUT2D eigenvalue weighted by atomic mass is 10.1. The van der Waals surface area contributed by atoms with E-state index in [0.717, 1.165) is 36.8 Å². The van der Waals surface area contributed by atoms with E-state index in [9.17, 15) is 13.2 Å². The van der Waals surface area contributed by atoms with Gasteiger partial charge < -0.3 is 10.1 Å². The summed E-state index contributed by atoms with van der Waals surface area (Å²) in [5.74, 6) is 0.418. The summed E-state index contributed by atoms with van der Waals surface area (Å²) in [5.41, 5.74) is 2.08. The molecule has 0 radical (unpaired) electrons. The predicted octanol–water partition coefficient (Wildman–Crippen LogP) is 4.20. The van der Waals surface area contributed by atoms with Gasteiger partial charge in [0.05, 0.1) is 11.5 Å². The molecule has 0 bridgehead atoms. The van der Waals surface area contributed by atoms with E-state index < -0.39 is 16.0 Å². The Hall–Kier alpha value is -3.30. The molecule has 3 aromatic rings. The third-order valence-electron chi connectivity index (χ3n) is 5.93. The lowest BCUT2D eigenvalue weighted by Crippen LogP contribution is -2.32. The highest BCUT2D eigenvalue weighted by molar-refractivity contribution is 7.89. The number of carbonyl (C=O) groups excluding carboxylic acids is 1. The number of benzene rings is 2. The third-order valence-corrected chi connectivity index (χ3v) is 7.47. The fourth-order valence-electron chi connectivity index (χ4n) is 4.09.